The maximum atomic E-state index is 14.0. The van der Waals surface area contributed by atoms with E-state index < -0.39 is 87.3 Å². The topological polar surface area (TPSA) is 232 Å². The first-order chi connectivity index (χ1) is 21.2. The number of carbonyl (C=O) groups is 4. The summed E-state index contributed by atoms with van der Waals surface area (Å²) < 4.78 is 0. The van der Waals surface area contributed by atoms with Gasteiger partial charge in [0.25, 0.3) is 5.91 Å². The number of nitrogens with zero attached hydrogens (tertiary/aromatic N) is 1. The molecule has 0 saturated carbocycles. The van der Waals surface area contributed by atoms with Crippen LogP contribution in [0.1, 0.15) is 34.3 Å². The van der Waals surface area contributed by atoms with Crippen LogP contribution in [0.15, 0.2) is 65.1 Å². The summed E-state index contributed by atoms with van der Waals surface area (Å²) in [5.74, 6) is -10.6. The number of fused-ring (bicyclic) bond motifs is 3. The Balaban J connectivity index is 1.48. The summed E-state index contributed by atoms with van der Waals surface area (Å²) in [5, 5.41) is 59.4. The van der Waals surface area contributed by atoms with E-state index in [0.29, 0.717) is 0 Å². The number of nitrogens with two attached hydrogens (primary N) is 1. The third kappa shape index (κ3) is 4.96. The van der Waals surface area contributed by atoms with Crippen LogP contribution in [0.2, 0.25) is 0 Å². The minimum Gasteiger partial charge on any atom is -0.510 e. The fraction of sp³-hybridized carbons (Fsp3) is 0.355. The number of benzene rings is 2. The number of aromatic hydroxyl groups is 1. The maximum absolute atomic E-state index is 14.0. The van der Waals surface area contributed by atoms with Crippen LogP contribution < -0.4 is 16.5 Å². The highest BCUT2D eigenvalue weighted by Gasteiger charge is 2.67. The number of hydrogen-bond donors (Lipinski definition) is 8. The standard InChI is InChI=1S/C31H34N4O10/c1-13-15-9-10-16(34-17(36)11-33-45-12-14-7-5-4-6-8-14)24(37)19(15)25(38)20-18(13)26(39)22-23(35(2)3)27(40)21(30(32)43)29(42)31(22,44)28(20)41/h4-10,13,18,22-23,26,33,37,39-41,44H,11-12H2,1-3H3,(H2,32,43)(H,34,36)/t13?,18?,22?,23-,26?,31-/m0/s1. The van der Waals surface area contributed by atoms with Gasteiger partial charge < -0.3 is 36.6 Å². The molecule has 0 spiro atoms. The van der Waals surface area contributed by atoms with E-state index >= 15 is 0 Å². The fourth-order valence-corrected chi connectivity index (χ4v) is 6.74. The monoisotopic (exact) mass is 622 g/mol. The minimum absolute atomic E-state index is 0.138. The Bertz CT molecular complexity index is 1650. The van der Waals surface area contributed by atoms with Gasteiger partial charge >= 0.3 is 0 Å². The van der Waals surface area contributed by atoms with Crippen molar-refractivity contribution < 1.29 is 49.5 Å². The van der Waals surface area contributed by atoms with Crippen molar-refractivity contribution in [3.63, 3.8) is 0 Å². The molecule has 9 N–H and O–H groups in total. The number of phenols is 1. The van der Waals surface area contributed by atoms with E-state index in [1.165, 1.54) is 31.1 Å². The molecule has 14 nitrogen and oxygen atoms in total. The normalized spacial score (nSPS) is 27.6. The number of rotatable bonds is 8. The molecule has 0 aromatic heterocycles. The van der Waals surface area contributed by atoms with Gasteiger partial charge in [-0.15, -0.1) is 0 Å². The number of hydrogen-bond acceptors (Lipinski definition) is 12. The van der Waals surface area contributed by atoms with Crippen LogP contribution in [0.25, 0.3) is 0 Å². The fourth-order valence-electron chi connectivity index (χ4n) is 6.74. The van der Waals surface area contributed by atoms with Crippen LogP contribution in [0.5, 0.6) is 5.75 Å². The summed E-state index contributed by atoms with van der Waals surface area (Å²) in [6.45, 7) is 1.50. The molecule has 14 heteroatoms. The van der Waals surface area contributed by atoms with Crippen LogP contribution >= 0.6 is 0 Å². The number of hydroxylamine groups is 1. The van der Waals surface area contributed by atoms with Crippen molar-refractivity contribution in [2.24, 2.45) is 17.6 Å². The number of nitrogens with one attached hydrogen (secondary N) is 2. The van der Waals surface area contributed by atoms with E-state index in [1.807, 2.05) is 30.3 Å². The highest BCUT2D eigenvalue weighted by atomic mass is 16.6. The summed E-state index contributed by atoms with van der Waals surface area (Å²) in [7, 11) is 2.92. The zero-order valence-electron chi connectivity index (χ0n) is 24.6. The smallest absolute Gasteiger partial charge is 0.255 e. The lowest BCUT2D eigenvalue weighted by Crippen LogP contribution is -2.68. The van der Waals surface area contributed by atoms with Gasteiger partial charge in [-0.05, 0) is 37.2 Å². The van der Waals surface area contributed by atoms with Gasteiger partial charge in [0.1, 0.15) is 23.6 Å². The second kappa shape index (κ2) is 11.7. The van der Waals surface area contributed by atoms with E-state index in [1.54, 1.807) is 6.92 Å². The summed E-state index contributed by atoms with van der Waals surface area (Å²) in [6.07, 6.45) is -1.70. The number of aliphatic hydroxyl groups excluding tert-OH is 3. The van der Waals surface area contributed by atoms with Crippen LogP contribution in [0.4, 0.5) is 5.69 Å². The lowest BCUT2D eigenvalue weighted by Gasteiger charge is -2.53. The molecule has 0 heterocycles. The largest absolute Gasteiger partial charge is 0.510 e. The van der Waals surface area contributed by atoms with Crippen molar-refractivity contribution in [3.05, 3.63) is 81.8 Å². The maximum Gasteiger partial charge on any atom is 0.255 e. The van der Waals surface area contributed by atoms with Crippen molar-refractivity contribution >= 4 is 29.1 Å². The molecule has 2 aromatic rings. The van der Waals surface area contributed by atoms with Crippen molar-refractivity contribution in [1.29, 1.82) is 0 Å². The van der Waals surface area contributed by atoms with Crippen LogP contribution in [0, 0.1) is 11.8 Å². The molecule has 0 saturated heterocycles. The zero-order chi connectivity index (χ0) is 33.0. The van der Waals surface area contributed by atoms with Crippen LogP contribution in [0.3, 0.4) is 0 Å². The van der Waals surface area contributed by atoms with Gasteiger partial charge in [0.2, 0.25) is 11.7 Å². The van der Waals surface area contributed by atoms with Gasteiger partial charge in [-0.1, -0.05) is 43.3 Å². The van der Waals surface area contributed by atoms with Gasteiger partial charge in [-0.2, -0.15) is 5.48 Å². The Labute approximate surface area is 257 Å². The van der Waals surface area contributed by atoms with Gasteiger partial charge in [0.15, 0.2) is 17.1 Å². The summed E-state index contributed by atoms with van der Waals surface area (Å²) in [4.78, 5) is 58.8. The number of primary amides is 1. The lowest BCUT2D eigenvalue weighted by molar-refractivity contribution is -0.162. The molecule has 4 unspecified atom stereocenters. The van der Waals surface area contributed by atoms with Gasteiger partial charge in [-0.3, -0.25) is 28.9 Å². The predicted octanol–water partition coefficient (Wildman–Crippen LogP) is 0.312. The van der Waals surface area contributed by atoms with Gasteiger partial charge in [0.05, 0.1) is 35.9 Å². The Morgan fingerprint density at radius 2 is 1.73 bits per heavy atom. The molecular weight excluding hydrogens is 588 g/mol. The average molecular weight is 623 g/mol. The molecule has 5 rings (SSSR count). The second-order valence-corrected chi connectivity index (χ2v) is 11.6. The summed E-state index contributed by atoms with van der Waals surface area (Å²) in [5.41, 5.74) is 4.00. The van der Waals surface area contributed by atoms with E-state index in [2.05, 4.69) is 10.8 Å². The van der Waals surface area contributed by atoms with Crippen LogP contribution in [-0.4, -0.2) is 92.2 Å². The van der Waals surface area contributed by atoms with Crippen molar-refractivity contribution in [2.75, 3.05) is 26.0 Å². The molecule has 0 fully saturated rings. The van der Waals surface area contributed by atoms with E-state index in [4.69, 9.17) is 10.6 Å². The molecule has 2 aromatic carbocycles. The molecule has 238 valence electrons. The molecule has 3 aliphatic rings. The predicted molar refractivity (Wildman–Crippen MR) is 158 cm³/mol. The number of anilines is 1. The van der Waals surface area contributed by atoms with Gasteiger partial charge in [0, 0.05) is 11.5 Å². The Kier molecular flexibility index (Phi) is 8.29. The first-order valence-electron chi connectivity index (χ1n) is 14.1. The number of aliphatic hydroxyl groups is 4. The molecule has 3 aliphatic carbocycles. The number of Topliss-reactive ketones (excluding diaryl/α,β-unsaturated/α-hetero) is 2. The minimum atomic E-state index is -3.02. The molecule has 45 heavy (non-hydrogen) atoms. The highest BCUT2D eigenvalue weighted by Crippen LogP contribution is 2.56. The van der Waals surface area contributed by atoms with Crippen molar-refractivity contribution in [1.82, 2.24) is 10.4 Å². The van der Waals surface area contributed by atoms with Crippen molar-refractivity contribution in [3.8, 4) is 5.75 Å². The Morgan fingerprint density at radius 3 is 2.36 bits per heavy atom. The molecule has 2 amide bonds. The summed E-state index contributed by atoms with van der Waals surface area (Å²) >= 11 is 0. The van der Waals surface area contributed by atoms with Crippen LogP contribution in [-0.2, 0) is 25.8 Å². The number of amides is 2. The molecular formula is C31H34N4O10. The Morgan fingerprint density at radius 1 is 1.07 bits per heavy atom. The SMILES string of the molecule is CC1c2ccc(NC(=O)CNOCc3ccccc3)c(O)c2C(=O)C2=C(O)[C@]3(O)C(=O)C(C(N)=O)=C(O)[C@@H](N(C)C)C3C(O)C21. The third-order valence-corrected chi connectivity index (χ3v) is 8.82. The van der Waals surface area contributed by atoms with Crippen molar-refractivity contribution in [2.45, 2.75) is 37.2 Å². The molecule has 6 atom stereocenters. The quantitative estimate of drug-likeness (QED) is 0.0860. The second-order valence-electron chi connectivity index (χ2n) is 11.6. The first-order valence-corrected chi connectivity index (χ1v) is 14.1. The lowest BCUT2D eigenvalue weighted by atomic mass is 9.55. The number of carbonyl (C=O) groups excluding carboxylic acids is 4. The Hall–Kier alpha value is -4.60. The molecule has 0 aliphatic heterocycles. The molecule has 0 bridgehead atoms. The number of ketones is 2. The molecule has 0 radical (unpaired) electrons. The zero-order valence-corrected chi connectivity index (χ0v) is 24.6. The highest BCUT2D eigenvalue weighted by molar-refractivity contribution is 6.25. The first kappa shape index (κ1) is 31.8. The van der Waals surface area contributed by atoms with Gasteiger partial charge in [-0.25, -0.2) is 0 Å². The van der Waals surface area contributed by atoms with E-state index in [9.17, 15) is 44.7 Å². The summed E-state index contributed by atoms with van der Waals surface area (Å²) in [6, 6.07) is 10.7. The van der Waals surface area contributed by atoms with E-state index in [0.717, 1.165) is 5.56 Å². The number of phenolic OH excluding ortho intramolecular Hbond substituents is 1. The number of likely N-dealkylation sites (N-methyl/N-ethyl adjacent to an activating group) is 1. The average Bonchev–Trinajstić information content (AvgIpc) is 2.98. The van der Waals surface area contributed by atoms with E-state index in [-0.39, 0.29) is 30.0 Å². The third-order valence-electron chi connectivity index (χ3n) is 8.82.